The van der Waals surface area contributed by atoms with Crippen LogP contribution in [0.15, 0.2) is 59.1 Å². The second-order valence-electron chi connectivity index (χ2n) is 5.20. The Morgan fingerprint density at radius 2 is 1.76 bits per heavy atom. The summed E-state index contributed by atoms with van der Waals surface area (Å²) in [5.74, 6) is 0.958. The zero-order chi connectivity index (χ0) is 13.8. The van der Waals surface area contributed by atoms with Crippen LogP contribution in [0.25, 0.3) is 0 Å². The average Bonchev–Trinajstić information content (AvgIpc) is 2.90. The molecule has 2 nitrogen and oxygen atoms in total. The quantitative estimate of drug-likeness (QED) is 0.786. The van der Waals surface area contributed by atoms with Gasteiger partial charge in [-0.1, -0.05) is 46.3 Å². The van der Waals surface area contributed by atoms with Crippen LogP contribution in [0.1, 0.15) is 12.0 Å². The molecule has 1 aliphatic heterocycles. The van der Waals surface area contributed by atoms with Crippen molar-refractivity contribution in [3.8, 4) is 5.75 Å². The van der Waals surface area contributed by atoms with Crippen LogP contribution in [0.2, 0.25) is 0 Å². The van der Waals surface area contributed by atoms with Gasteiger partial charge in [-0.05, 0) is 36.2 Å². The first-order valence-electron chi connectivity index (χ1n) is 6.98. The maximum atomic E-state index is 6.04. The number of benzene rings is 2. The van der Waals surface area contributed by atoms with E-state index in [2.05, 4.69) is 51.2 Å². The fraction of sp³-hybridized carbons (Fsp3) is 0.294. The Morgan fingerprint density at radius 3 is 2.48 bits per heavy atom. The molecule has 0 aliphatic carbocycles. The molecule has 1 saturated heterocycles. The minimum Gasteiger partial charge on any atom is -0.489 e. The van der Waals surface area contributed by atoms with Crippen molar-refractivity contribution >= 4 is 28.3 Å². The number of hydrogen-bond acceptors (Lipinski definition) is 2. The molecule has 3 rings (SSSR count). The Hall–Kier alpha value is -1.03. The van der Waals surface area contributed by atoms with E-state index in [0.717, 1.165) is 36.3 Å². The highest BCUT2D eigenvalue weighted by atomic mass is 79.9. The molecule has 4 heteroatoms. The largest absolute Gasteiger partial charge is 0.489 e. The highest BCUT2D eigenvalue weighted by Crippen LogP contribution is 2.21. The Kier molecular flexibility index (Phi) is 6.09. The summed E-state index contributed by atoms with van der Waals surface area (Å²) in [6, 6.07) is 18.7. The van der Waals surface area contributed by atoms with Crippen LogP contribution in [0, 0.1) is 0 Å². The normalized spacial score (nSPS) is 18.2. The molecule has 0 bridgehead atoms. The molecule has 0 amide bonds. The molecule has 0 spiro atoms. The Bertz CT molecular complexity index is 546. The summed E-state index contributed by atoms with van der Waals surface area (Å²) in [4.78, 5) is 2.46. The van der Waals surface area contributed by atoms with Crippen molar-refractivity contribution < 1.29 is 4.74 Å². The smallest absolute Gasteiger partial charge is 0.119 e. The van der Waals surface area contributed by atoms with Crippen LogP contribution < -0.4 is 4.74 Å². The fourth-order valence-electron chi connectivity index (χ4n) is 2.58. The molecule has 1 atom stereocenters. The van der Waals surface area contributed by atoms with Crippen LogP contribution in [0.3, 0.4) is 0 Å². The molecule has 2 aromatic carbocycles. The maximum Gasteiger partial charge on any atom is 0.119 e. The lowest BCUT2D eigenvalue weighted by atomic mass is 10.2. The van der Waals surface area contributed by atoms with Crippen molar-refractivity contribution in [3.05, 3.63) is 64.6 Å². The number of nitrogens with zero attached hydrogens (tertiary/aromatic N) is 1. The number of hydrogen-bond donors (Lipinski definition) is 0. The predicted octanol–water partition coefficient (Wildman–Crippen LogP) is 4.52. The lowest BCUT2D eigenvalue weighted by molar-refractivity contribution is 0.198. The van der Waals surface area contributed by atoms with Gasteiger partial charge in [0.1, 0.15) is 11.9 Å². The standard InChI is InChI=1S/C17H18BrNO.ClH/c18-15-6-8-16(9-7-15)20-17-10-11-19(13-17)12-14-4-2-1-3-5-14;/h1-9,17H,10-13H2;1H. The lowest BCUT2D eigenvalue weighted by Gasteiger charge is -2.17. The van der Waals surface area contributed by atoms with Crippen molar-refractivity contribution in [2.24, 2.45) is 0 Å². The number of likely N-dealkylation sites (tertiary alicyclic amines) is 1. The van der Waals surface area contributed by atoms with Gasteiger partial charge in [-0.25, -0.2) is 0 Å². The molecule has 1 fully saturated rings. The SMILES string of the molecule is Brc1ccc(OC2CCN(Cc3ccccc3)C2)cc1.Cl. The maximum absolute atomic E-state index is 6.04. The molecular formula is C17H19BrClNO. The van der Waals surface area contributed by atoms with E-state index in [0.29, 0.717) is 6.10 Å². The van der Waals surface area contributed by atoms with Gasteiger partial charge < -0.3 is 4.74 Å². The summed E-state index contributed by atoms with van der Waals surface area (Å²) in [5.41, 5.74) is 1.37. The van der Waals surface area contributed by atoms with Crippen LogP contribution >= 0.6 is 28.3 Å². The van der Waals surface area contributed by atoms with Crippen LogP contribution in [0.5, 0.6) is 5.75 Å². The highest BCUT2D eigenvalue weighted by Gasteiger charge is 2.23. The van der Waals surface area contributed by atoms with E-state index in [1.807, 2.05) is 24.3 Å². The molecule has 0 saturated carbocycles. The van der Waals surface area contributed by atoms with Gasteiger partial charge in [0, 0.05) is 24.1 Å². The summed E-state index contributed by atoms with van der Waals surface area (Å²) >= 11 is 3.44. The van der Waals surface area contributed by atoms with Crippen molar-refractivity contribution in [1.29, 1.82) is 0 Å². The first-order chi connectivity index (χ1) is 9.79. The van der Waals surface area contributed by atoms with Crippen molar-refractivity contribution in [2.75, 3.05) is 13.1 Å². The molecule has 2 aromatic rings. The summed E-state index contributed by atoms with van der Waals surface area (Å²) < 4.78 is 7.12. The van der Waals surface area contributed by atoms with Gasteiger partial charge in [0.05, 0.1) is 0 Å². The molecule has 0 aromatic heterocycles. The minimum absolute atomic E-state index is 0. The first kappa shape index (κ1) is 16.3. The van der Waals surface area contributed by atoms with E-state index in [1.54, 1.807) is 0 Å². The second kappa shape index (κ2) is 7.83. The fourth-order valence-corrected chi connectivity index (χ4v) is 2.85. The summed E-state index contributed by atoms with van der Waals surface area (Å²) in [7, 11) is 0. The van der Waals surface area contributed by atoms with E-state index < -0.39 is 0 Å². The number of ether oxygens (including phenoxy) is 1. The Balaban J connectivity index is 0.00000161. The van der Waals surface area contributed by atoms with Gasteiger partial charge >= 0.3 is 0 Å². The minimum atomic E-state index is 0. The predicted molar refractivity (Wildman–Crippen MR) is 92.1 cm³/mol. The Labute approximate surface area is 140 Å². The van der Waals surface area contributed by atoms with Crippen molar-refractivity contribution in [2.45, 2.75) is 19.1 Å². The molecule has 0 radical (unpaired) electrons. The molecule has 1 unspecified atom stereocenters. The second-order valence-corrected chi connectivity index (χ2v) is 6.12. The number of halogens is 2. The Morgan fingerprint density at radius 1 is 1.05 bits per heavy atom. The molecule has 1 aliphatic rings. The zero-order valence-electron chi connectivity index (χ0n) is 11.7. The third-order valence-corrected chi connectivity index (χ3v) is 4.12. The van der Waals surface area contributed by atoms with Crippen LogP contribution in [-0.2, 0) is 6.54 Å². The molecule has 112 valence electrons. The summed E-state index contributed by atoms with van der Waals surface area (Å²) in [6.45, 7) is 3.13. The van der Waals surface area contributed by atoms with Gasteiger partial charge in [0.25, 0.3) is 0 Å². The van der Waals surface area contributed by atoms with Gasteiger partial charge in [0.15, 0.2) is 0 Å². The monoisotopic (exact) mass is 367 g/mol. The topological polar surface area (TPSA) is 12.5 Å². The van der Waals surface area contributed by atoms with Crippen LogP contribution in [0.4, 0.5) is 0 Å². The van der Waals surface area contributed by atoms with E-state index in [-0.39, 0.29) is 12.4 Å². The first-order valence-corrected chi connectivity index (χ1v) is 7.77. The highest BCUT2D eigenvalue weighted by molar-refractivity contribution is 9.10. The third-order valence-electron chi connectivity index (χ3n) is 3.59. The zero-order valence-corrected chi connectivity index (χ0v) is 14.1. The molecule has 0 N–H and O–H groups in total. The van der Waals surface area contributed by atoms with Crippen molar-refractivity contribution in [3.63, 3.8) is 0 Å². The van der Waals surface area contributed by atoms with E-state index in [9.17, 15) is 0 Å². The van der Waals surface area contributed by atoms with E-state index in [4.69, 9.17) is 4.74 Å². The molecular weight excluding hydrogens is 350 g/mol. The lowest BCUT2D eigenvalue weighted by Crippen LogP contribution is -2.24. The average molecular weight is 369 g/mol. The summed E-state index contributed by atoms with van der Waals surface area (Å²) in [5, 5.41) is 0. The molecule has 1 heterocycles. The molecule has 21 heavy (non-hydrogen) atoms. The summed E-state index contributed by atoms with van der Waals surface area (Å²) in [6.07, 6.45) is 1.41. The van der Waals surface area contributed by atoms with Crippen molar-refractivity contribution in [1.82, 2.24) is 4.90 Å². The number of rotatable bonds is 4. The van der Waals surface area contributed by atoms with Crippen LogP contribution in [-0.4, -0.2) is 24.1 Å². The van der Waals surface area contributed by atoms with Gasteiger partial charge in [0.2, 0.25) is 0 Å². The third kappa shape index (κ3) is 4.73. The van der Waals surface area contributed by atoms with E-state index >= 15 is 0 Å². The van der Waals surface area contributed by atoms with Gasteiger partial charge in [-0.2, -0.15) is 0 Å². The van der Waals surface area contributed by atoms with Gasteiger partial charge in [-0.15, -0.1) is 12.4 Å². The van der Waals surface area contributed by atoms with E-state index in [1.165, 1.54) is 5.56 Å². The van der Waals surface area contributed by atoms with Gasteiger partial charge in [-0.3, -0.25) is 4.90 Å².